The minimum atomic E-state index is 0.635. The van der Waals surface area contributed by atoms with Crippen LogP contribution in [0.2, 0.25) is 0 Å². The number of benzene rings is 2. The highest BCUT2D eigenvalue weighted by Gasteiger charge is 2.19. The molecule has 0 bridgehead atoms. The molecule has 0 radical (unpaired) electrons. The number of aromatic nitrogens is 1. The van der Waals surface area contributed by atoms with Crippen LogP contribution in [0.5, 0.6) is 34.5 Å². The van der Waals surface area contributed by atoms with E-state index >= 15 is 0 Å². The monoisotopic (exact) mass is 1560 g/mol. The summed E-state index contributed by atoms with van der Waals surface area (Å²) in [5.41, 5.74) is 3.02. The van der Waals surface area contributed by atoms with Crippen LogP contribution in [-0.2, 0) is 0 Å². The number of rotatable bonds is 88. The molecule has 112 heavy (non-hydrogen) atoms. The van der Waals surface area contributed by atoms with Crippen LogP contribution in [0.15, 0.2) is 52.4 Å². The molecule has 9 heteroatoms. The number of hydrogen-bond donors (Lipinski definition) is 0. The molecule has 646 valence electrons. The first-order chi connectivity index (χ1) is 55.6. The Kier molecular flexibility index (Phi) is 73.3. The number of aliphatic imine (C=N–C) groups is 2. The zero-order valence-electron chi connectivity index (χ0n) is 75.1. The van der Waals surface area contributed by atoms with Crippen molar-refractivity contribution in [3.05, 3.63) is 53.9 Å². The van der Waals surface area contributed by atoms with Crippen molar-refractivity contribution in [2.45, 2.75) is 504 Å². The van der Waals surface area contributed by atoms with Crippen molar-refractivity contribution in [1.29, 1.82) is 0 Å². The molecule has 9 nitrogen and oxygen atoms in total. The summed E-state index contributed by atoms with van der Waals surface area (Å²) < 4.78 is 40.9. The van der Waals surface area contributed by atoms with E-state index in [4.69, 9.17) is 43.4 Å². The number of nitrogens with zero attached hydrogens (tertiary/aromatic N) is 3. The maximum Gasteiger partial charge on any atom is 0.203 e. The standard InChI is InChI=1S/C103H183N3O6/c1-7-13-19-25-31-37-43-49-55-61-67-73-82-107-98-88-96(89-99(108-83-74-68-62-56-50-44-38-32-26-20-14-8-2)102(98)111-86-77-71-65-59-53-47-41-35-29-23-17-11-5)104-92-94-80-79-81-95(106-94)93-105-97-90-100(109-84-75-69-63-57-51-45-39-33-27-21-15-9-3)103(112-87-78-72-66-60-54-48-42-36-30-24-18-12-6)101(91-97)110-85-76-70-64-58-52-46-40-34-28-22-16-10-4/h79-81,88-93H,7-78,82-87H2,1-6H3. The molecule has 0 aliphatic heterocycles. The smallest absolute Gasteiger partial charge is 0.203 e. The summed E-state index contributed by atoms with van der Waals surface area (Å²) in [6.07, 6.45) is 98.0. The summed E-state index contributed by atoms with van der Waals surface area (Å²) in [4.78, 5) is 15.4. The van der Waals surface area contributed by atoms with Gasteiger partial charge in [-0.1, -0.05) is 471 Å². The van der Waals surface area contributed by atoms with Crippen LogP contribution < -0.4 is 28.4 Å². The van der Waals surface area contributed by atoms with E-state index in [2.05, 4.69) is 65.8 Å². The Bertz CT molecular complexity index is 2260. The Labute approximate surface area is 695 Å². The van der Waals surface area contributed by atoms with Crippen LogP contribution >= 0.6 is 0 Å². The van der Waals surface area contributed by atoms with Gasteiger partial charge in [0.05, 0.1) is 74.8 Å². The Hall–Kier alpha value is -4.27. The Balaban J connectivity index is 1.92. The predicted octanol–water partition coefficient (Wildman–Crippen LogP) is 35.1. The Morgan fingerprint density at radius 3 is 0.527 bits per heavy atom. The second-order valence-electron chi connectivity index (χ2n) is 34.0. The van der Waals surface area contributed by atoms with E-state index in [1.807, 2.05) is 30.6 Å². The fraction of sp³-hybridized carbons (Fsp3) is 0.816. The van der Waals surface area contributed by atoms with Gasteiger partial charge in [0.25, 0.3) is 0 Å². The summed E-state index contributed by atoms with van der Waals surface area (Å²) in [5.74, 6) is 4.37. The lowest BCUT2D eigenvalue weighted by Gasteiger charge is -2.18. The average molecular weight is 1560 g/mol. The van der Waals surface area contributed by atoms with Gasteiger partial charge in [0, 0.05) is 24.3 Å². The molecule has 0 atom stereocenters. The Morgan fingerprint density at radius 1 is 0.205 bits per heavy atom. The molecule has 0 aliphatic rings. The van der Waals surface area contributed by atoms with Gasteiger partial charge >= 0.3 is 0 Å². The molecule has 0 unspecified atom stereocenters. The number of pyridine rings is 1. The number of ether oxygens (including phenoxy) is 6. The first kappa shape index (κ1) is 102. The van der Waals surface area contributed by atoms with E-state index in [1.165, 1.54) is 424 Å². The van der Waals surface area contributed by atoms with E-state index in [9.17, 15) is 0 Å². The van der Waals surface area contributed by atoms with Crippen molar-refractivity contribution in [3.8, 4) is 34.5 Å². The third kappa shape index (κ3) is 61.1. The van der Waals surface area contributed by atoms with E-state index in [-0.39, 0.29) is 0 Å². The molecule has 0 aliphatic carbocycles. The topological polar surface area (TPSA) is 93.0 Å². The van der Waals surface area contributed by atoms with Gasteiger partial charge in [-0.3, -0.25) is 9.98 Å². The lowest BCUT2D eigenvalue weighted by molar-refractivity contribution is 0.234. The van der Waals surface area contributed by atoms with Crippen LogP contribution in [0, 0.1) is 0 Å². The molecule has 2 aromatic carbocycles. The van der Waals surface area contributed by atoms with E-state index in [0.29, 0.717) is 39.6 Å². The fourth-order valence-electron chi connectivity index (χ4n) is 15.6. The number of hydrogen-bond acceptors (Lipinski definition) is 9. The maximum absolute atomic E-state index is 6.82. The fourth-order valence-corrected chi connectivity index (χ4v) is 15.6. The summed E-state index contributed by atoms with van der Waals surface area (Å²) in [5, 5.41) is 0. The summed E-state index contributed by atoms with van der Waals surface area (Å²) in [7, 11) is 0. The molecular weight excluding hydrogens is 1380 g/mol. The van der Waals surface area contributed by atoms with Crippen molar-refractivity contribution in [1.82, 2.24) is 4.98 Å². The molecule has 1 aromatic heterocycles. The van der Waals surface area contributed by atoms with Gasteiger partial charge in [-0.15, -0.1) is 0 Å². The molecule has 1 heterocycles. The highest BCUT2D eigenvalue weighted by molar-refractivity contribution is 5.84. The second-order valence-corrected chi connectivity index (χ2v) is 34.0. The molecular formula is C103H183N3O6. The quantitative estimate of drug-likeness (QED) is 0.0411. The lowest BCUT2D eigenvalue weighted by Crippen LogP contribution is -2.06. The number of unbranched alkanes of at least 4 members (excludes halogenated alkanes) is 66. The Morgan fingerprint density at radius 2 is 0.357 bits per heavy atom. The SMILES string of the molecule is CCCCCCCCCCCCCCOc1cc(N=Cc2cccc(C=Nc3cc(OCCCCCCCCCCCCCC)c(OCCCCCCCCCCCCCC)c(OCCCCCCCCCCCCCC)c3)n2)cc(OCCCCCCCCCCCCCC)c1OCCCCCCCCCCCCCC. The summed E-state index contributed by atoms with van der Waals surface area (Å²) in [6.45, 7) is 17.7. The van der Waals surface area contributed by atoms with Gasteiger partial charge in [0.15, 0.2) is 23.0 Å². The first-order valence-corrected chi connectivity index (χ1v) is 49.7. The molecule has 0 N–H and O–H groups in total. The molecule has 3 aromatic rings. The van der Waals surface area contributed by atoms with Crippen molar-refractivity contribution in [3.63, 3.8) is 0 Å². The highest BCUT2D eigenvalue weighted by Crippen LogP contribution is 2.44. The van der Waals surface area contributed by atoms with Gasteiger partial charge in [0.1, 0.15) is 0 Å². The second kappa shape index (κ2) is 80.5. The zero-order chi connectivity index (χ0) is 79.7. The summed E-state index contributed by atoms with van der Waals surface area (Å²) in [6, 6.07) is 14.4. The largest absolute Gasteiger partial charge is 0.489 e. The minimum Gasteiger partial charge on any atom is -0.489 e. The third-order valence-electron chi connectivity index (χ3n) is 23.0. The normalized spacial score (nSPS) is 11.7. The minimum absolute atomic E-state index is 0.635. The van der Waals surface area contributed by atoms with Gasteiger partial charge in [-0.25, -0.2) is 4.98 Å². The van der Waals surface area contributed by atoms with Gasteiger partial charge < -0.3 is 28.4 Å². The molecule has 0 amide bonds. The van der Waals surface area contributed by atoms with Gasteiger partial charge in [-0.05, 0) is 50.7 Å². The van der Waals surface area contributed by atoms with Crippen LogP contribution in [0.4, 0.5) is 11.4 Å². The molecule has 3 rings (SSSR count). The van der Waals surface area contributed by atoms with Crippen LogP contribution in [0.1, 0.15) is 515 Å². The van der Waals surface area contributed by atoms with Crippen molar-refractivity contribution < 1.29 is 28.4 Å². The first-order valence-electron chi connectivity index (χ1n) is 49.7. The average Bonchev–Trinajstić information content (AvgIpc) is 0.828. The summed E-state index contributed by atoms with van der Waals surface area (Å²) >= 11 is 0. The van der Waals surface area contributed by atoms with Crippen LogP contribution in [0.25, 0.3) is 0 Å². The van der Waals surface area contributed by atoms with E-state index in [1.54, 1.807) is 0 Å². The lowest BCUT2D eigenvalue weighted by atomic mass is 10.1. The maximum atomic E-state index is 6.82. The molecule has 0 spiro atoms. The van der Waals surface area contributed by atoms with Crippen molar-refractivity contribution in [2.75, 3.05) is 39.6 Å². The molecule has 0 saturated carbocycles. The van der Waals surface area contributed by atoms with Crippen LogP contribution in [-0.4, -0.2) is 57.1 Å². The van der Waals surface area contributed by atoms with E-state index < -0.39 is 0 Å². The zero-order valence-corrected chi connectivity index (χ0v) is 75.1. The molecule has 0 saturated heterocycles. The van der Waals surface area contributed by atoms with Crippen molar-refractivity contribution >= 4 is 23.8 Å². The predicted molar refractivity (Wildman–Crippen MR) is 491 cm³/mol. The third-order valence-corrected chi connectivity index (χ3v) is 23.0. The highest BCUT2D eigenvalue weighted by atomic mass is 16.5. The van der Waals surface area contributed by atoms with Gasteiger partial charge in [-0.2, -0.15) is 0 Å². The molecule has 0 fully saturated rings. The van der Waals surface area contributed by atoms with Gasteiger partial charge in [0.2, 0.25) is 11.5 Å². The van der Waals surface area contributed by atoms with Crippen LogP contribution in [0.3, 0.4) is 0 Å². The van der Waals surface area contributed by atoms with E-state index in [0.717, 1.165) is 95.8 Å². The van der Waals surface area contributed by atoms with Crippen molar-refractivity contribution in [2.24, 2.45) is 9.98 Å².